The minimum atomic E-state index is -0.547. The van der Waals surface area contributed by atoms with Gasteiger partial charge >= 0.3 is 5.97 Å². The van der Waals surface area contributed by atoms with E-state index in [1.165, 1.54) is 18.2 Å². The van der Waals surface area contributed by atoms with Gasteiger partial charge in [0.2, 0.25) is 0 Å². The van der Waals surface area contributed by atoms with E-state index < -0.39 is 11.8 Å². The molecule has 1 rings (SSSR count). The van der Waals surface area contributed by atoms with Crippen molar-refractivity contribution in [1.82, 2.24) is 0 Å². The van der Waals surface area contributed by atoms with Crippen LogP contribution in [0.4, 0.5) is 4.39 Å². The van der Waals surface area contributed by atoms with Crippen LogP contribution in [0.1, 0.15) is 18.1 Å². The highest BCUT2D eigenvalue weighted by atomic mass is 19.1. The number of nitriles is 1. The summed E-state index contributed by atoms with van der Waals surface area (Å²) in [6.45, 7) is 5.47. The van der Waals surface area contributed by atoms with Gasteiger partial charge in [-0.25, -0.2) is 9.18 Å². The molecule has 0 aliphatic rings. The maximum absolute atomic E-state index is 13.4. The summed E-state index contributed by atoms with van der Waals surface area (Å²) in [7, 11) is 0. The average molecular weight is 233 g/mol. The van der Waals surface area contributed by atoms with Gasteiger partial charge < -0.3 is 4.74 Å². The van der Waals surface area contributed by atoms with E-state index in [4.69, 9.17) is 10.00 Å². The lowest BCUT2D eigenvalue weighted by Crippen LogP contribution is -2.09. The first-order valence-electron chi connectivity index (χ1n) is 5.12. The zero-order valence-electron chi connectivity index (χ0n) is 9.50. The van der Waals surface area contributed by atoms with E-state index >= 15 is 0 Å². The fourth-order valence-corrected chi connectivity index (χ4v) is 1.31. The molecule has 1 aromatic rings. The Hall–Kier alpha value is -2.15. The van der Waals surface area contributed by atoms with Gasteiger partial charge in [-0.3, -0.25) is 0 Å². The van der Waals surface area contributed by atoms with Crippen LogP contribution in [0.25, 0.3) is 0 Å². The third-order valence-electron chi connectivity index (χ3n) is 2.14. The predicted molar refractivity (Wildman–Crippen MR) is 60.6 cm³/mol. The van der Waals surface area contributed by atoms with Crippen molar-refractivity contribution < 1.29 is 13.9 Å². The van der Waals surface area contributed by atoms with Gasteiger partial charge in [0.05, 0.1) is 18.2 Å². The minimum Gasteiger partial charge on any atom is -0.463 e. The fraction of sp³-hybridized carbons (Fsp3) is 0.231. The second-order valence-corrected chi connectivity index (χ2v) is 3.42. The number of benzene rings is 1. The molecular weight excluding hydrogens is 221 g/mol. The van der Waals surface area contributed by atoms with Crippen LogP contribution in [0.2, 0.25) is 0 Å². The Balaban J connectivity index is 2.85. The first-order chi connectivity index (χ1) is 8.08. The largest absolute Gasteiger partial charge is 0.463 e. The Kier molecular flexibility index (Phi) is 4.41. The van der Waals surface area contributed by atoms with Crippen molar-refractivity contribution in [2.75, 3.05) is 6.61 Å². The van der Waals surface area contributed by atoms with Gasteiger partial charge in [0, 0.05) is 12.0 Å². The molecule has 0 spiro atoms. The molecule has 0 amide bonds. The van der Waals surface area contributed by atoms with Crippen LogP contribution in [0.3, 0.4) is 0 Å². The molecule has 0 saturated heterocycles. The zero-order chi connectivity index (χ0) is 12.8. The van der Waals surface area contributed by atoms with E-state index in [1.807, 2.05) is 6.07 Å². The first-order valence-corrected chi connectivity index (χ1v) is 5.12. The molecule has 1 aromatic carbocycles. The van der Waals surface area contributed by atoms with Crippen LogP contribution in [-0.4, -0.2) is 12.6 Å². The molecule has 0 bridgehead atoms. The van der Waals surface area contributed by atoms with E-state index in [0.717, 1.165) is 0 Å². The predicted octanol–water partition coefficient (Wildman–Crippen LogP) is 2.36. The normalized spacial score (nSPS) is 9.47. The Morgan fingerprint density at radius 2 is 2.29 bits per heavy atom. The summed E-state index contributed by atoms with van der Waals surface area (Å²) in [5.74, 6) is -1.01. The third-order valence-corrected chi connectivity index (χ3v) is 2.14. The lowest BCUT2D eigenvalue weighted by Gasteiger charge is -2.06. The molecule has 0 N–H and O–H groups in total. The Labute approximate surface area is 99.1 Å². The van der Waals surface area contributed by atoms with E-state index in [-0.39, 0.29) is 24.2 Å². The standard InChI is InChI=1S/C13H12FNO2/c1-3-17-13(16)9(2)6-11-7-10(8-15)4-5-12(11)14/h4-5,7H,2-3,6H2,1H3. The lowest BCUT2D eigenvalue weighted by molar-refractivity contribution is -0.138. The van der Waals surface area contributed by atoms with E-state index in [2.05, 4.69) is 6.58 Å². The van der Waals surface area contributed by atoms with Crippen molar-refractivity contribution in [3.8, 4) is 6.07 Å². The number of rotatable bonds is 4. The van der Waals surface area contributed by atoms with Crippen molar-refractivity contribution in [2.45, 2.75) is 13.3 Å². The topological polar surface area (TPSA) is 50.1 Å². The Bertz CT molecular complexity index is 489. The van der Waals surface area contributed by atoms with E-state index in [1.54, 1.807) is 6.92 Å². The molecule has 0 fully saturated rings. The van der Waals surface area contributed by atoms with Crippen LogP contribution in [0.5, 0.6) is 0 Å². The fourth-order valence-electron chi connectivity index (χ4n) is 1.31. The van der Waals surface area contributed by atoms with Crippen molar-refractivity contribution in [1.29, 1.82) is 5.26 Å². The minimum absolute atomic E-state index is 0.0419. The second kappa shape index (κ2) is 5.80. The maximum Gasteiger partial charge on any atom is 0.333 e. The number of hydrogen-bond acceptors (Lipinski definition) is 3. The number of carbonyl (C=O) groups is 1. The van der Waals surface area contributed by atoms with E-state index in [0.29, 0.717) is 5.56 Å². The third kappa shape index (κ3) is 3.42. The SMILES string of the molecule is C=C(Cc1cc(C#N)ccc1F)C(=O)OCC. The van der Waals surface area contributed by atoms with Crippen LogP contribution in [0.15, 0.2) is 30.4 Å². The van der Waals surface area contributed by atoms with Gasteiger partial charge in [-0.15, -0.1) is 0 Å². The molecule has 0 aliphatic carbocycles. The summed E-state index contributed by atoms with van der Waals surface area (Å²) >= 11 is 0. The van der Waals surface area contributed by atoms with Crippen LogP contribution < -0.4 is 0 Å². The highest BCUT2D eigenvalue weighted by molar-refractivity contribution is 5.88. The van der Waals surface area contributed by atoms with Crippen molar-refractivity contribution in [2.24, 2.45) is 0 Å². The van der Waals surface area contributed by atoms with Crippen molar-refractivity contribution in [3.63, 3.8) is 0 Å². The first kappa shape index (κ1) is 12.9. The summed E-state index contributed by atoms with van der Waals surface area (Å²) < 4.78 is 18.2. The van der Waals surface area contributed by atoms with Gasteiger partial charge in [-0.05, 0) is 30.7 Å². The number of nitrogens with zero attached hydrogens (tertiary/aromatic N) is 1. The molecule has 3 nitrogen and oxygen atoms in total. The summed E-state index contributed by atoms with van der Waals surface area (Å²) in [6, 6.07) is 5.89. The van der Waals surface area contributed by atoms with Crippen LogP contribution in [0, 0.1) is 17.1 Å². The molecule has 88 valence electrons. The molecule has 0 aromatic heterocycles. The van der Waals surface area contributed by atoms with E-state index in [9.17, 15) is 9.18 Å². The van der Waals surface area contributed by atoms with Gasteiger partial charge in [-0.2, -0.15) is 5.26 Å². The average Bonchev–Trinajstić information content (AvgIpc) is 2.32. The second-order valence-electron chi connectivity index (χ2n) is 3.42. The number of halogens is 1. The molecule has 0 heterocycles. The van der Waals surface area contributed by atoms with Crippen LogP contribution in [-0.2, 0) is 16.0 Å². The van der Waals surface area contributed by atoms with Crippen molar-refractivity contribution in [3.05, 3.63) is 47.3 Å². The molecule has 0 atom stereocenters. The number of ether oxygens (including phenoxy) is 1. The molecule has 0 radical (unpaired) electrons. The Morgan fingerprint density at radius 3 is 2.88 bits per heavy atom. The zero-order valence-corrected chi connectivity index (χ0v) is 9.50. The highest BCUT2D eigenvalue weighted by Crippen LogP contribution is 2.14. The quantitative estimate of drug-likeness (QED) is 0.592. The molecule has 0 aliphatic heterocycles. The molecular formula is C13H12FNO2. The van der Waals surface area contributed by atoms with Gasteiger partial charge in [-0.1, -0.05) is 6.58 Å². The summed E-state index contributed by atoms with van der Waals surface area (Å²) in [5.41, 5.74) is 0.779. The van der Waals surface area contributed by atoms with Crippen LogP contribution >= 0.6 is 0 Å². The number of esters is 1. The summed E-state index contributed by atoms with van der Waals surface area (Å²) in [6.07, 6.45) is 0.0419. The Morgan fingerprint density at radius 1 is 1.59 bits per heavy atom. The smallest absolute Gasteiger partial charge is 0.333 e. The summed E-state index contributed by atoms with van der Waals surface area (Å²) in [5, 5.41) is 8.69. The molecule has 4 heteroatoms. The van der Waals surface area contributed by atoms with Gasteiger partial charge in [0.15, 0.2) is 0 Å². The van der Waals surface area contributed by atoms with Gasteiger partial charge in [0.1, 0.15) is 5.82 Å². The van der Waals surface area contributed by atoms with Gasteiger partial charge in [0.25, 0.3) is 0 Å². The molecule has 17 heavy (non-hydrogen) atoms. The maximum atomic E-state index is 13.4. The van der Waals surface area contributed by atoms with Crippen molar-refractivity contribution >= 4 is 5.97 Å². The number of hydrogen-bond donors (Lipinski definition) is 0. The molecule has 0 unspecified atom stereocenters. The summed E-state index contributed by atoms with van der Waals surface area (Å²) in [4.78, 5) is 11.3. The highest BCUT2D eigenvalue weighted by Gasteiger charge is 2.12. The molecule has 0 saturated carbocycles. The number of carbonyl (C=O) groups excluding carboxylic acids is 1. The lowest BCUT2D eigenvalue weighted by atomic mass is 10.0. The monoisotopic (exact) mass is 233 g/mol.